The number of rotatable bonds is 7. The summed E-state index contributed by atoms with van der Waals surface area (Å²) in [7, 11) is 0. The maximum Gasteiger partial charge on any atom is 0.135 e. The fourth-order valence-corrected chi connectivity index (χ4v) is 8.83. The Morgan fingerprint density at radius 2 is 1.24 bits per heavy atom. The van der Waals surface area contributed by atoms with E-state index < -0.39 is 0 Å². The number of aromatic nitrogens is 2. The standard InChI is InChI=1S/C61H57N4O.Pt/c1-40-27-28-46(37-56(40)66-47-29-30-51-50-21-14-15-24-52(50)65(55(51)38-47)57-36-43(31-32-62-57)59(2,3)4)63-39-64(54-26-17-16-25-53(54)63)58-48(41-19-12-11-13-20-41)22-18-23-49(58)42-33-44(60(5,6)7)35-45(34-42)61(8,9)10;/h11-36,39H,1-10H3;/q-3;/i14D,15D,21D,24D;. The topological polar surface area (TPSA) is 33.5 Å². The number of hydrogen-bond donors (Lipinski definition) is 0. The summed E-state index contributed by atoms with van der Waals surface area (Å²) in [4.78, 5) is 9.23. The average molecular weight is 1060 g/mol. The molecule has 0 bridgehead atoms. The molecule has 0 amide bonds. The Balaban J connectivity index is 0.00000624. The minimum atomic E-state index is -0.310. The van der Waals surface area contributed by atoms with Crippen molar-refractivity contribution in [1.29, 1.82) is 0 Å². The zero-order valence-corrected chi connectivity index (χ0v) is 42.1. The van der Waals surface area contributed by atoms with E-state index in [0.29, 0.717) is 39.1 Å². The van der Waals surface area contributed by atoms with Crippen LogP contribution in [0, 0.1) is 25.7 Å². The smallest absolute Gasteiger partial charge is 0.135 e. The molecular weight excluding hydrogens is 1000 g/mol. The van der Waals surface area contributed by atoms with E-state index in [9.17, 15) is 0 Å². The molecule has 67 heavy (non-hydrogen) atoms. The molecule has 2 aromatic heterocycles. The summed E-state index contributed by atoms with van der Waals surface area (Å²) in [5, 5.41) is 1.02. The summed E-state index contributed by atoms with van der Waals surface area (Å²) < 4.78 is 43.8. The van der Waals surface area contributed by atoms with Gasteiger partial charge >= 0.3 is 0 Å². The first kappa shape index (κ1) is 40.8. The van der Waals surface area contributed by atoms with Crippen molar-refractivity contribution in [2.75, 3.05) is 9.80 Å². The van der Waals surface area contributed by atoms with E-state index in [4.69, 9.17) is 15.2 Å². The molecule has 0 atom stereocenters. The van der Waals surface area contributed by atoms with Crippen LogP contribution in [0.5, 0.6) is 11.5 Å². The second kappa shape index (κ2) is 17.3. The van der Waals surface area contributed by atoms with Crippen LogP contribution in [0.1, 0.15) is 90.1 Å². The first-order valence-electron chi connectivity index (χ1n) is 24.7. The molecule has 3 heterocycles. The minimum Gasteiger partial charge on any atom is -0.509 e. The van der Waals surface area contributed by atoms with Crippen molar-refractivity contribution in [3.8, 4) is 39.6 Å². The molecule has 0 aliphatic carbocycles. The Hall–Kier alpha value is -6.42. The molecule has 340 valence electrons. The third-order valence-electron chi connectivity index (χ3n) is 12.7. The molecular formula is C61H57N4OPt-3. The van der Waals surface area contributed by atoms with Gasteiger partial charge < -0.3 is 19.1 Å². The number of benzene rings is 7. The molecule has 1 aliphatic heterocycles. The van der Waals surface area contributed by atoms with E-state index in [1.165, 1.54) is 11.1 Å². The molecule has 0 spiro atoms. The molecule has 9 aromatic rings. The van der Waals surface area contributed by atoms with Gasteiger partial charge in [-0.05, 0) is 79.8 Å². The summed E-state index contributed by atoms with van der Waals surface area (Å²) in [5.41, 5.74) is 13.4. The fourth-order valence-electron chi connectivity index (χ4n) is 8.83. The van der Waals surface area contributed by atoms with Gasteiger partial charge in [0.15, 0.2) is 0 Å². The molecule has 0 N–H and O–H groups in total. The first-order valence-corrected chi connectivity index (χ1v) is 22.7. The van der Waals surface area contributed by atoms with Crippen LogP contribution >= 0.6 is 0 Å². The van der Waals surface area contributed by atoms with Crippen molar-refractivity contribution in [2.24, 2.45) is 0 Å². The van der Waals surface area contributed by atoms with E-state index >= 15 is 0 Å². The number of nitrogens with zero attached hydrogens (tertiary/aromatic N) is 4. The van der Waals surface area contributed by atoms with E-state index in [0.717, 1.165) is 56.1 Å². The van der Waals surface area contributed by atoms with Crippen LogP contribution in [0.25, 0.3) is 49.9 Å². The van der Waals surface area contributed by atoms with Crippen molar-refractivity contribution < 1.29 is 31.3 Å². The molecule has 0 saturated carbocycles. The summed E-state index contributed by atoms with van der Waals surface area (Å²) in [6, 6.07) is 50.7. The monoisotopic (exact) mass is 1060 g/mol. The third kappa shape index (κ3) is 8.60. The van der Waals surface area contributed by atoms with Crippen LogP contribution in [0.3, 0.4) is 0 Å². The van der Waals surface area contributed by atoms with Crippen LogP contribution < -0.4 is 14.5 Å². The predicted octanol–water partition coefficient (Wildman–Crippen LogP) is 16.5. The van der Waals surface area contributed by atoms with Crippen LogP contribution in [-0.4, -0.2) is 9.55 Å². The van der Waals surface area contributed by atoms with Crippen molar-refractivity contribution in [3.63, 3.8) is 0 Å². The van der Waals surface area contributed by atoms with Crippen molar-refractivity contribution in [2.45, 2.75) is 85.5 Å². The Kier molecular flexibility index (Phi) is 10.6. The summed E-state index contributed by atoms with van der Waals surface area (Å²) >= 11 is 0. The normalized spacial score (nSPS) is 13.8. The van der Waals surface area contributed by atoms with Gasteiger partial charge in [0.1, 0.15) is 5.82 Å². The zero-order valence-electron chi connectivity index (χ0n) is 43.8. The number of anilines is 4. The van der Waals surface area contributed by atoms with Gasteiger partial charge in [-0.25, -0.2) is 4.98 Å². The Labute approximate surface area is 417 Å². The molecule has 0 fully saturated rings. The fraction of sp³-hybridized carbons (Fsp3) is 0.213. The van der Waals surface area contributed by atoms with E-state index in [2.05, 4.69) is 188 Å². The average Bonchev–Trinajstić information content (AvgIpc) is 3.89. The van der Waals surface area contributed by atoms with Gasteiger partial charge in [0, 0.05) is 72.5 Å². The molecule has 6 heteroatoms. The van der Waals surface area contributed by atoms with Gasteiger partial charge in [0.25, 0.3) is 0 Å². The van der Waals surface area contributed by atoms with Crippen LogP contribution in [-0.2, 0) is 37.3 Å². The Bertz CT molecular complexity index is 3500. The largest absolute Gasteiger partial charge is 0.509 e. The maximum absolute atomic E-state index is 9.08. The molecule has 10 rings (SSSR count). The molecule has 0 saturated heterocycles. The van der Waals surface area contributed by atoms with Crippen LogP contribution in [0.4, 0.5) is 22.7 Å². The molecule has 0 radical (unpaired) electrons. The summed E-state index contributed by atoms with van der Waals surface area (Å²) in [6.45, 7) is 24.2. The van der Waals surface area contributed by atoms with E-state index in [1.807, 2.05) is 31.2 Å². The van der Waals surface area contributed by atoms with Crippen molar-refractivity contribution >= 4 is 44.6 Å². The Morgan fingerprint density at radius 3 is 1.93 bits per heavy atom. The van der Waals surface area contributed by atoms with Crippen molar-refractivity contribution in [1.82, 2.24) is 9.55 Å². The maximum atomic E-state index is 9.08. The van der Waals surface area contributed by atoms with Gasteiger partial charge in [-0.2, -0.15) is 12.1 Å². The first-order chi connectivity index (χ1) is 33.2. The second-order valence-corrected chi connectivity index (χ2v) is 20.5. The number of para-hydroxylation sites is 4. The quantitative estimate of drug-likeness (QED) is 0.149. The predicted molar refractivity (Wildman–Crippen MR) is 276 cm³/mol. The molecule has 0 unspecified atom stereocenters. The minimum absolute atomic E-state index is 0. The number of aryl methyl sites for hydroxylation is 1. The Morgan fingerprint density at radius 1 is 0.597 bits per heavy atom. The zero-order chi connectivity index (χ0) is 49.6. The SMILES string of the molecule is [2H]c1c([2H])c([2H])c2c(c1[2H])c1ccc(Oc3[c-]c(N4[CH-]N(c5c(-c6ccccc6)cccc5-c5cc(C(C)(C)C)cc(C(C)(C)C)c5)c5ccccc54)ccc3C)[c-]c1n2-c1cc(C(C)(C)C)ccn1.[Pt]. The summed E-state index contributed by atoms with van der Waals surface area (Å²) in [6.07, 6.45) is 1.74. The van der Waals surface area contributed by atoms with Gasteiger partial charge in [0.05, 0.1) is 5.48 Å². The van der Waals surface area contributed by atoms with Gasteiger partial charge in [0.2, 0.25) is 0 Å². The van der Waals surface area contributed by atoms with Crippen molar-refractivity contribution in [3.05, 3.63) is 199 Å². The van der Waals surface area contributed by atoms with Crippen LogP contribution in [0.2, 0.25) is 0 Å². The van der Waals surface area contributed by atoms with Gasteiger partial charge in [-0.1, -0.05) is 172 Å². The number of pyridine rings is 1. The number of fused-ring (bicyclic) bond motifs is 4. The van der Waals surface area contributed by atoms with Gasteiger partial charge in [-0.3, -0.25) is 0 Å². The number of hydrogen-bond acceptors (Lipinski definition) is 4. The third-order valence-corrected chi connectivity index (χ3v) is 12.7. The van der Waals surface area contributed by atoms with Crippen LogP contribution in [0.15, 0.2) is 158 Å². The molecule has 1 aliphatic rings. The molecule has 7 aromatic carbocycles. The second-order valence-electron chi connectivity index (χ2n) is 20.5. The summed E-state index contributed by atoms with van der Waals surface area (Å²) in [5.74, 6) is 1.43. The van der Waals surface area contributed by atoms with Gasteiger partial charge in [-0.15, -0.1) is 47.6 Å². The number of ether oxygens (including phenoxy) is 1. The molecule has 5 nitrogen and oxygen atoms in total. The van der Waals surface area contributed by atoms with E-state index in [1.54, 1.807) is 16.8 Å². The van der Waals surface area contributed by atoms with E-state index in [-0.39, 0.29) is 61.5 Å².